The molecule has 0 aliphatic heterocycles. The summed E-state index contributed by atoms with van der Waals surface area (Å²) in [6, 6.07) is 12.4. The summed E-state index contributed by atoms with van der Waals surface area (Å²) in [6.45, 7) is 17.3. The van der Waals surface area contributed by atoms with Gasteiger partial charge in [-0.15, -0.1) is 0 Å². The average molecular weight is 391 g/mol. The minimum atomic E-state index is -0.582. The van der Waals surface area contributed by atoms with Crippen molar-refractivity contribution in [3.8, 4) is 0 Å². The summed E-state index contributed by atoms with van der Waals surface area (Å²) in [7, 11) is 0. The molecule has 0 saturated carbocycles. The molecule has 0 saturated heterocycles. The quantitative estimate of drug-likeness (QED) is 0.374. The van der Waals surface area contributed by atoms with Crippen LogP contribution in [-0.4, -0.2) is 9.97 Å². The Balaban J connectivity index is 1.78. The van der Waals surface area contributed by atoms with E-state index >= 15 is 0 Å². The Morgan fingerprint density at radius 1 is 0.586 bits per heavy atom. The van der Waals surface area contributed by atoms with Gasteiger partial charge in [0.1, 0.15) is 16.4 Å². The third-order valence-electron chi connectivity index (χ3n) is 5.58. The number of rotatable bonds is 2. The van der Waals surface area contributed by atoms with Crippen LogP contribution in [0.15, 0.2) is 45.2 Å². The van der Waals surface area contributed by atoms with Gasteiger partial charge in [-0.3, -0.25) is 0 Å². The van der Waals surface area contributed by atoms with Crippen LogP contribution < -0.4 is 0 Å². The molecule has 0 unspecified atom stereocenters. The summed E-state index contributed by atoms with van der Waals surface area (Å²) in [5.74, 6) is 1.22. The average Bonchev–Trinajstić information content (AvgIpc) is 3.23. The fraction of sp³-hybridized carbons (Fsp3) is 0.440. The maximum absolute atomic E-state index is 6.12. The zero-order chi connectivity index (χ0) is 21.2. The highest BCUT2D eigenvalue weighted by Crippen LogP contribution is 2.36. The van der Waals surface area contributed by atoms with Gasteiger partial charge in [-0.1, -0.05) is 53.7 Å². The molecule has 152 valence electrons. The van der Waals surface area contributed by atoms with Crippen molar-refractivity contribution < 1.29 is 8.83 Å². The number of hydrogen-bond acceptors (Lipinski definition) is 4. The van der Waals surface area contributed by atoms with E-state index in [4.69, 9.17) is 18.8 Å². The Bertz CT molecular complexity index is 1100. The van der Waals surface area contributed by atoms with Crippen LogP contribution in [0.2, 0.25) is 0 Å². The summed E-state index contributed by atoms with van der Waals surface area (Å²) in [4.78, 5) is 9.59. The highest BCUT2D eigenvalue weighted by atomic mass is 16.4. The third kappa shape index (κ3) is 3.45. The number of aromatic nitrogens is 2. The summed E-state index contributed by atoms with van der Waals surface area (Å²) in [5, 5.41) is 0. The lowest BCUT2D eigenvalue weighted by molar-refractivity contribution is 0.360. The maximum Gasteiger partial charge on any atom is 0.210 e. The minimum Gasteiger partial charge on any atom is -0.440 e. The standard InChI is InChI=1S/C25H30N2O2/c1-23(2,3)15-9-11-19-17(13-15)26-21(28-19)25(7,8)22-27-18-14-16(24(4,5)6)10-12-20(18)29-22/h9-14H,1-8H3. The number of benzene rings is 2. The first-order chi connectivity index (χ1) is 13.4. The van der Waals surface area contributed by atoms with Crippen molar-refractivity contribution in [2.24, 2.45) is 0 Å². The second kappa shape index (κ2) is 6.19. The van der Waals surface area contributed by atoms with Crippen LogP contribution in [0.25, 0.3) is 22.2 Å². The van der Waals surface area contributed by atoms with Crippen LogP contribution in [0.3, 0.4) is 0 Å². The van der Waals surface area contributed by atoms with E-state index in [1.807, 2.05) is 26.0 Å². The molecule has 4 rings (SSSR count). The minimum absolute atomic E-state index is 0.0634. The van der Waals surface area contributed by atoms with Gasteiger partial charge in [-0.2, -0.15) is 0 Å². The monoisotopic (exact) mass is 390 g/mol. The predicted octanol–water partition coefficient (Wildman–Crippen LogP) is 6.89. The molecule has 0 aliphatic carbocycles. The lowest BCUT2D eigenvalue weighted by Gasteiger charge is -2.18. The Labute approximate surface area is 172 Å². The van der Waals surface area contributed by atoms with Crippen LogP contribution >= 0.6 is 0 Å². The zero-order valence-corrected chi connectivity index (χ0v) is 18.7. The van der Waals surface area contributed by atoms with Crippen LogP contribution in [-0.2, 0) is 16.2 Å². The van der Waals surface area contributed by atoms with Crippen LogP contribution in [0, 0.1) is 0 Å². The summed E-state index contributed by atoms with van der Waals surface area (Å²) in [5.41, 5.74) is 5.32. The Kier molecular flexibility index (Phi) is 4.20. The van der Waals surface area contributed by atoms with Gasteiger partial charge in [0, 0.05) is 0 Å². The molecule has 2 aromatic heterocycles. The van der Waals surface area contributed by atoms with Gasteiger partial charge in [-0.05, 0) is 60.1 Å². The molecule has 0 radical (unpaired) electrons. The van der Waals surface area contributed by atoms with E-state index in [0.717, 1.165) is 22.2 Å². The third-order valence-corrected chi connectivity index (χ3v) is 5.58. The van der Waals surface area contributed by atoms with Gasteiger partial charge >= 0.3 is 0 Å². The van der Waals surface area contributed by atoms with E-state index in [0.29, 0.717) is 11.8 Å². The SMILES string of the molecule is CC(C)(C)c1ccc2oc(C(C)(C)c3nc4cc(C(C)(C)C)ccc4o3)nc2c1. The molecule has 4 aromatic rings. The molecule has 0 fully saturated rings. The Morgan fingerprint density at radius 3 is 1.31 bits per heavy atom. The van der Waals surface area contributed by atoms with E-state index in [1.165, 1.54) is 11.1 Å². The van der Waals surface area contributed by atoms with Gasteiger partial charge < -0.3 is 8.83 Å². The first kappa shape index (κ1) is 19.7. The molecule has 2 heterocycles. The molecule has 0 amide bonds. The normalized spacial score (nSPS) is 13.5. The lowest BCUT2D eigenvalue weighted by Crippen LogP contribution is -2.19. The highest BCUT2D eigenvalue weighted by molar-refractivity contribution is 5.75. The van der Waals surface area contributed by atoms with Crippen molar-refractivity contribution in [3.63, 3.8) is 0 Å². The van der Waals surface area contributed by atoms with Crippen molar-refractivity contribution >= 4 is 22.2 Å². The largest absolute Gasteiger partial charge is 0.440 e. The highest BCUT2D eigenvalue weighted by Gasteiger charge is 2.35. The van der Waals surface area contributed by atoms with Crippen molar-refractivity contribution in [1.82, 2.24) is 9.97 Å². The van der Waals surface area contributed by atoms with E-state index in [1.54, 1.807) is 0 Å². The first-order valence-corrected chi connectivity index (χ1v) is 10.2. The predicted molar refractivity (Wildman–Crippen MR) is 118 cm³/mol. The second-order valence-corrected chi connectivity index (χ2v) is 10.5. The summed E-state index contributed by atoms with van der Waals surface area (Å²) < 4.78 is 12.2. The molecule has 0 N–H and O–H groups in total. The summed E-state index contributed by atoms with van der Waals surface area (Å²) >= 11 is 0. The fourth-order valence-corrected chi connectivity index (χ4v) is 3.41. The Hall–Kier alpha value is -2.62. The van der Waals surface area contributed by atoms with E-state index in [-0.39, 0.29) is 10.8 Å². The molecule has 2 aromatic carbocycles. The fourth-order valence-electron chi connectivity index (χ4n) is 3.41. The summed E-state index contributed by atoms with van der Waals surface area (Å²) in [6.07, 6.45) is 0. The first-order valence-electron chi connectivity index (χ1n) is 10.2. The molecular formula is C25H30N2O2. The van der Waals surface area contributed by atoms with Crippen molar-refractivity contribution in [3.05, 3.63) is 59.3 Å². The zero-order valence-electron chi connectivity index (χ0n) is 18.7. The molecule has 0 bridgehead atoms. The molecule has 0 spiro atoms. The van der Waals surface area contributed by atoms with E-state index in [9.17, 15) is 0 Å². The van der Waals surface area contributed by atoms with Gasteiger partial charge in [0.05, 0.1) is 0 Å². The van der Waals surface area contributed by atoms with Crippen molar-refractivity contribution in [1.29, 1.82) is 0 Å². The van der Waals surface area contributed by atoms with Crippen molar-refractivity contribution in [2.45, 2.75) is 71.6 Å². The smallest absolute Gasteiger partial charge is 0.210 e. The second-order valence-electron chi connectivity index (χ2n) is 10.5. The molecular weight excluding hydrogens is 360 g/mol. The van der Waals surface area contributed by atoms with E-state index in [2.05, 4.69) is 65.8 Å². The van der Waals surface area contributed by atoms with Gasteiger partial charge in [0.15, 0.2) is 11.2 Å². The van der Waals surface area contributed by atoms with Crippen LogP contribution in [0.1, 0.15) is 78.3 Å². The molecule has 4 nitrogen and oxygen atoms in total. The van der Waals surface area contributed by atoms with Gasteiger partial charge in [-0.25, -0.2) is 9.97 Å². The van der Waals surface area contributed by atoms with Crippen molar-refractivity contribution in [2.75, 3.05) is 0 Å². The Morgan fingerprint density at radius 2 is 0.966 bits per heavy atom. The van der Waals surface area contributed by atoms with Gasteiger partial charge in [0.25, 0.3) is 0 Å². The number of hydrogen-bond donors (Lipinski definition) is 0. The number of nitrogens with zero attached hydrogens (tertiary/aromatic N) is 2. The van der Waals surface area contributed by atoms with Crippen LogP contribution in [0.5, 0.6) is 0 Å². The number of fused-ring (bicyclic) bond motifs is 2. The van der Waals surface area contributed by atoms with Gasteiger partial charge in [0.2, 0.25) is 11.8 Å². The lowest BCUT2D eigenvalue weighted by atomic mass is 9.87. The molecule has 4 heteroatoms. The van der Waals surface area contributed by atoms with Crippen LogP contribution in [0.4, 0.5) is 0 Å². The number of oxazole rings is 2. The molecule has 0 atom stereocenters. The molecule has 29 heavy (non-hydrogen) atoms. The topological polar surface area (TPSA) is 52.1 Å². The maximum atomic E-state index is 6.12. The van der Waals surface area contributed by atoms with E-state index < -0.39 is 5.41 Å². The molecule has 0 aliphatic rings.